The maximum atomic E-state index is 14.0. The minimum Gasteiger partial charge on any atom is -0.497 e. The number of carbonyl (C=O) groups is 1. The third-order valence-corrected chi connectivity index (χ3v) is 5.80. The fourth-order valence-electron chi connectivity index (χ4n) is 3.89. The van der Waals surface area contributed by atoms with Gasteiger partial charge in [-0.05, 0) is 64.4 Å². The minimum absolute atomic E-state index is 0.0975. The van der Waals surface area contributed by atoms with E-state index in [-0.39, 0.29) is 23.3 Å². The van der Waals surface area contributed by atoms with E-state index in [1.165, 1.54) is 32.4 Å². The molecule has 0 aliphatic carbocycles. The molecule has 0 saturated heterocycles. The smallest absolute Gasteiger partial charge is 0.418 e. The minimum atomic E-state index is -4.71. The molecule has 0 fully saturated rings. The first-order chi connectivity index (χ1) is 17.6. The molecule has 202 valence electrons. The molecule has 0 radical (unpaired) electrons. The molecule has 0 saturated carbocycles. The molecule has 38 heavy (non-hydrogen) atoms. The van der Waals surface area contributed by atoms with E-state index >= 15 is 0 Å². The third kappa shape index (κ3) is 6.10. The molecule has 3 aromatic rings. The number of aromatic nitrogens is 1. The van der Waals surface area contributed by atoms with Gasteiger partial charge < -0.3 is 14.2 Å². The van der Waals surface area contributed by atoms with E-state index in [2.05, 4.69) is 11.1 Å². The number of ether oxygens (including phenoxy) is 3. The molecule has 10 heteroatoms. The number of carbonyl (C=O) groups excluding carboxylic acids is 1. The Morgan fingerprint density at radius 1 is 1.00 bits per heavy atom. The zero-order valence-electron chi connectivity index (χ0n) is 22.4. The lowest BCUT2D eigenvalue weighted by molar-refractivity contribution is -0.136. The zero-order valence-corrected chi connectivity index (χ0v) is 22.4. The number of nitriles is 1. The Morgan fingerprint density at radius 2 is 1.68 bits per heavy atom. The highest BCUT2D eigenvalue weighted by Crippen LogP contribution is 2.40. The summed E-state index contributed by atoms with van der Waals surface area (Å²) in [5.74, 6) is 0.818. The highest BCUT2D eigenvalue weighted by Gasteiger charge is 2.36. The summed E-state index contributed by atoms with van der Waals surface area (Å²) in [5.41, 5.74) is -2.61. The number of amides is 1. The largest absolute Gasteiger partial charge is 0.497 e. The summed E-state index contributed by atoms with van der Waals surface area (Å²) in [4.78, 5) is 18.9. The van der Waals surface area contributed by atoms with Crippen molar-refractivity contribution in [1.82, 2.24) is 4.98 Å². The molecule has 3 rings (SSSR count). The van der Waals surface area contributed by atoms with Crippen LogP contribution >= 0.6 is 0 Å². The average molecular weight is 530 g/mol. The summed E-state index contributed by atoms with van der Waals surface area (Å²) in [6, 6.07) is 12.3. The quantitative estimate of drug-likeness (QED) is 0.341. The maximum absolute atomic E-state index is 14.0. The second kappa shape index (κ2) is 10.4. The van der Waals surface area contributed by atoms with Crippen LogP contribution in [0.2, 0.25) is 0 Å². The Balaban J connectivity index is 2.33. The number of hydrogen-bond donors (Lipinski definition) is 0. The lowest BCUT2D eigenvalue weighted by Gasteiger charge is -2.29. The molecule has 1 amide bonds. The summed E-state index contributed by atoms with van der Waals surface area (Å²) in [6.07, 6.45) is -5.54. The van der Waals surface area contributed by atoms with Crippen molar-refractivity contribution in [2.75, 3.05) is 19.1 Å². The first-order valence-corrected chi connectivity index (χ1v) is 11.8. The van der Waals surface area contributed by atoms with Gasteiger partial charge in [-0.25, -0.2) is 9.78 Å². The molecule has 0 atom stereocenters. The maximum Gasteiger partial charge on any atom is 0.418 e. The molecular formula is C28H30F3N3O4. The molecule has 0 aliphatic heterocycles. The van der Waals surface area contributed by atoms with Crippen molar-refractivity contribution in [2.24, 2.45) is 0 Å². The normalized spacial score (nSPS) is 12.1. The monoisotopic (exact) mass is 529 g/mol. The predicted octanol–water partition coefficient (Wildman–Crippen LogP) is 7.01. The Hall–Kier alpha value is -4.00. The molecule has 1 aromatic heterocycles. The average Bonchev–Trinajstić information content (AvgIpc) is 2.84. The number of hydrogen-bond acceptors (Lipinski definition) is 6. The first kappa shape index (κ1) is 28.6. The van der Waals surface area contributed by atoms with Crippen LogP contribution in [-0.4, -0.2) is 30.9 Å². The number of methoxy groups -OCH3 is 2. The van der Waals surface area contributed by atoms with Crippen molar-refractivity contribution in [3.63, 3.8) is 0 Å². The van der Waals surface area contributed by atoms with Crippen LogP contribution in [0.25, 0.3) is 10.9 Å². The van der Waals surface area contributed by atoms with Gasteiger partial charge in [0, 0.05) is 17.0 Å². The van der Waals surface area contributed by atoms with Crippen LogP contribution in [0.1, 0.15) is 51.3 Å². The molecule has 0 bridgehead atoms. The molecule has 2 aromatic carbocycles. The van der Waals surface area contributed by atoms with E-state index in [1.807, 2.05) is 0 Å². The number of nitrogens with zero attached hydrogens (tertiary/aromatic N) is 3. The number of pyridine rings is 1. The zero-order chi connectivity index (χ0) is 28.5. The van der Waals surface area contributed by atoms with Crippen LogP contribution in [-0.2, 0) is 22.9 Å². The van der Waals surface area contributed by atoms with Gasteiger partial charge >= 0.3 is 12.3 Å². The van der Waals surface area contributed by atoms with E-state index < -0.39 is 28.8 Å². The van der Waals surface area contributed by atoms with Gasteiger partial charge in [0.25, 0.3) is 0 Å². The van der Waals surface area contributed by atoms with Gasteiger partial charge in [0.15, 0.2) is 0 Å². The summed E-state index contributed by atoms with van der Waals surface area (Å²) in [7, 11) is 2.95. The van der Waals surface area contributed by atoms with E-state index in [0.29, 0.717) is 22.6 Å². The highest BCUT2D eigenvalue weighted by atomic mass is 19.4. The van der Waals surface area contributed by atoms with Gasteiger partial charge in [-0.15, -0.1) is 0 Å². The van der Waals surface area contributed by atoms with Crippen molar-refractivity contribution in [3.8, 4) is 17.6 Å². The van der Waals surface area contributed by atoms with Gasteiger partial charge in [0.05, 0.1) is 43.3 Å². The number of fused-ring (bicyclic) bond motifs is 1. The summed E-state index contributed by atoms with van der Waals surface area (Å²) >= 11 is 0. The van der Waals surface area contributed by atoms with Crippen LogP contribution in [0.5, 0.6) is 11.5 Å². The summed E-state index contributed by atoms with van der Waals surface area (Å²) in [6.45, 7) is 8.08. The van der Waals surface area contributed by atoms with Crippen molar-refractivity contribution in [2.45, 2.75) is 58.4 Å². The fraction of sp³-hybridized carbons (Fsp3) is 0.393. The lowest BCUT2D eigenvalue weighted by atomic mass is 9.83. The van der Waals surface area contributed by atoms with Crippen LogP contribution in [0.4, 0.5) is 23.8 Å². The lowest BCUT2D eigenvalue weighted by Crippen LogP contribution is -2.37. The topological polar surface area (TPSA) is 84.7 Å². The second-order valence-electron chi connectivity index (χ2n) is 10.2. The van der Waals surface area contributed by atoms with E-state index in [1.54, 1.807) is 52.8 Å². The van der Waals surface area contributed by atoms with Crippen LogP contribution in [0, 0.1) is 11.3 Å². The number of alkyl halides is 3. The van der Waals surface area contributed by atoms with Crippen molar-refractivity contribution >= 4 is 22.8 Å². The third-order valence-electron chi connectivity index (χ3n) is 5.80. The van der Waals surface area contributed by atoms with Gasteiger partial charge in [0.2, 0.25) is 0 Å². The van der Waals surface area contributed by atoms with E-state index in [9.17, 15) is 23.2 Å². The van der Waals surface area contributed by atoms with Crippen molar-refractivity contribution in [3.05, 3.63) is 59.2 Å². The second-order valence-corrected chi connectivity index (χ2v) is 10.2. The van der Waals surface area contributed by atoms with Crippen LogP contribution in [0.3, 0.4) is 0 Å². The number of para-hydroxylation sites is 1. The SMILES string of the molecule is COc1ccc(CN(C(=O)OC(C)(C)C)c2cc(C(C)(C)C#N)c3cccc(C(F)(F)F)c3n2)c(OC)c1. The van der Waals surface area contributed by atoms with Gasteiger partial charge in [-0.2, -0.15) is 18.4 Å². The van der Waals surface area contributed by atoms with Crippen LogP contribution in [0.15, 0.2) is 42.5 Å². The molecular weight excluding hydrogens is 499 g/mol. The molecule has 7 nitrogen and oxygen atoms in total. The molecule has 0 unspecified atom stereocenters. The summed E-state index contributed by atoms with van der Waals surface area (Å²) in [5, 5.41) is 10.0. The number of rotatable bonds is 6. The number of anilines is 1. The number of halogens is 3. The van der Waals surface area contributed by atoms with E-state index in [4.69, 9.17) is 14.2 Å². The van der Waals surface area contributed by atoms with Gasteiger partial charge in [-0.3, -0.25) is 4.90 Å². The van der Waals surface area contributed by atoms with Crippen molar-refractivity contribution in [1.29, 1.82) is 5.26 Å². The van der Waals surface area contributed by atoms with Crippen molar-refractivity contribution < 1.29 is 32.2 Å². The Bertz CT molecular complexity index is 1390. The molecule has 0 aliphatic rings. The predicted molar refractivity (Wildman–Crippen MR) is 137 cm³/mol. The molecule has 0 N–H and O–H groups in total. The molecule has 1 heterocycles. The Morgan fingerprint density at radius 3 is 2.24 bits per heavy atom. The fourth-order valence-corrected chi connectivity index (χ4v) is 3.89. The molecule has 0 spiro atoms. The Kier molecular flexibility index (Phi) is 7.82. The number of benzene rings is 2. The van der Waals surface area contributed by atoms with Gasteiger partial charge in [-0.1, -0.05) is 12.1 Å². The standard InChI is InChI=1S/C28H30F3N3O4/c1-26(2,3)38-25(35)34(15-17-11-12-18(36-6)13-22(17)37-7)23-14-21(27(4,5)16-32)19-9-8-10-20(24(19)33-23)28(29,30)31/h8-14H,15H2,1-7H3. The van der Waals surface area contributed by atoms with Gasteiger partial charge in [0.1, 0.15) is 22.9 Å². The van der Waals surface area contributed by atoms with E-state index in [0.717, 1.165) is 11.0 Å². The summed E-state index contributed by atoms with van der Waals surface area (Å²) < 4.78 is 58.4. The highest BCUT2D eigenvalue weighted by molar-refractivity contribution is 5.93. The first-order valence-electron chi connectivity index (χ1n) is 11.8. The van der Waals surface area contributed by atoms with Crippen LogP contribution < -0.4 is 14.4 Å². The Labute approximate surface area is 219 Å².